The van der Waals surface area contributed by atoms with E-state index in [0.29, 0.717) is 12.0 Å². The molecule has 1 aliphatic heterocycles. The Morgan fingerprint density at radius 1 is 1.47 bits per heavy atom. The van der Waals surface area contributed by atoms with Crippen molar-refractivity contribution in [2.24, 2.45) is 10.8 Å². The van der Waals surface area contributed by atoms with E-state index >= 15 is 0 Å². The first-order valence-corrected chi connectivity index (χ1v) is 5.38. The van der Waals surface area contributed by atoms with Gasteiger partial charge in [0.15, 0.2) is 0 Å². The molecule has 0 aromatic rings. The number of nitrogens with zero attached hydrogens (tertiary/aromatic N) is 1. The summed E-state index contributed by atoms with van der Waals surface area (Å²) >= 11 is 0. The first kappa shape index (κ1) is 10.2. The van der Waals surface area contributed by atoms with Crippen LogP contribution in [-0.4, -0.2) is 30.5 Å². The summed E-state index contributed by atoms with van der Waals surface area (Å²) in [7, 11) is 0. The number of rotatable bonds is 2. The second-order valence-electron chi connectivity index (χ2n) is 3.99. The maximum absolute atomic E-state index is 11.4. The summed E-state index contributed by atoms with van der Waals surface area (Å²) in [5.41, 5.74) is 2.50. The molecule has 1 unspecified atom stereocenters. The van der Waals surface area contributed by atoms with Crippen molar-refractivity contribution >= 4 is 11.9 Å². The SMILES string of the molecule is NNC(=NC1CCCNC1=O)NC1CC1. The Kier molecular flexibility index (Phi) is 3.05. The number of piperidine rings is 1. The topological polar surface area (TPSA) is 91.5 Å². The Morgan fingerprint density at radius 2 is 2.27 bits per heavy atom. The monoisotopic (exact) mass is 211 g/mol. The highest BCUT2D eigenvalue weighted by atomic mass is 16.2. The van der Waals surface area contributed by atoms with Gasteiger partial charge in [-0.3, -0.25) is 10.2 Å². The Bertz CT molecular complexity index is 274. The van der Waals surface area contributed by atoms with Gasteiger partial charge >= 0.3 is 0 Å². The highest BCUT2D eigenvalue weighted by Gasteiger charge is 2.25. The quantitative estimate of drug-likeness (QED) is 0.201. The molecule has 0 bridgehead atoms. The van der Waals surface area contributed by atoms with Crippen LogP contribution in [0.4, 0.5) is 0 Å². The van der Waals surface area contributed by atoms with Gasteiger partial charge in [0.05, 0.1) is 0 Å². The number of aliphatic imine (C=N–C) groups is 1. The third-order valence-electron chi connectivity index (χ3n) is 2.60. The van der Waals surface area contributed by atoms with Gasteiger partial charge in [-0.15, -0.1) is 0 Å². The molecular weight excluding hydrogens is 194 g/mol. The number of hydrogen-bond donors (Lipinski definition) is 4. The Hall–Kier alpha value is -1.30. The fraction of sp³-hybridized carbons (Fsp3) is 0.778. The molecule has 1 saturated carbocycles. The summed E-state index contributed by atoms with van der Waals surface area (Å²) in [6.07, 6.45) is 4.07. The zero-order chi connectivity index (χ0) is 10.7. The molecule has 2 fully saturated rings. The minimum atomic E-state index is -0.295. The molecule has 1 heterocycles. The van der Waals surface area contributed by atoms with E-state index in [9.17, 15) is 4.79 Å². The highest BCUT2D eigenvalue weighted by Crippen LogP contribution is 2.18. The number of guanidine groups is 1. The van der Waals surface area contributed by atoms with Gasteiger partial charge < -0.3 is 10.6 Å². The van der Waals surface area contributed by atoms with Gasteiger partial charge in [0.1, 0.15) is 6.04 Å². The highest BCUT2D eigenvalue weighted by molar-refractivity contribution is 5.87. The minimum Gasteiger partial charge on any atom is -0.354 e. The minimum absolute atomic E-state index is 0.00778. The summed E-state index contributed by atoms with van der Waals surface area (Å²) in [6.45, 7) is 0.756. The van der Waals surface area contributed by atoms with Crippen LogP contribution >= 0.6 is 0 Å². The van der Waals surface area contributed by atoms with Crippen molar-refractivity contribution < 1.29 is 4.79 Å². The summed E-state index contributed by atoms with van der Waals surface area (Å²) < 4.78 is 0. The number of carbonyl (C=O) groups is 1. The van der Waals surface area contributed by atoms with Crippen molar-refractivity contribution in [2.45, 2.75) is 37.8 Å². The van der Waals surface area contributed by atoms with Crippen LogP contribution in [0.15, 0.2) is 4.99 Å². The zero-order valence-electron chi connectivity index (χ0n) is 8.62. The van der Waals surface area contributed by atoms with E-state index in [1.54, 1.807) is 0 Å². The number of hydrogen-bond acceptors (Lipinski definition) is 3. The van der Waals surface area contributed by atoms with E-state index in [2.05, 4.69) is 21.1 Å². The van der Waals surface area contributed by atoms with Crippen LogP contribution in [0, 0.1) is 0 Å². The van der Waals surface area contributed by atoms with Crippen LogP contribution in [0.5, 0.6) is 0 Å². The maximum Gasteiger partial charge on any atom is 0.244 e. The predicted octanol–water partition coefficient (Wildman–Crippen LogP) is -1.16. The lowest BCUT2D eigenvalue weighted by Gasteiger charge is -2.19. The smallest absolute Gasteiger partial charge is 0.244 e. The molecule has 6 nitrogen and oxygen atoms in total. The second-order valence-corrected chi connectivity index (χ2v) is 3.99. The van der Waals surface area contributed by atoms with Gasteiger partial charge in [-0.2, -0.15) is 0 Å². The summed E-state index contributed by atoms with van der Waals surface area (Å²) in [5.74, 6) is 5.86. The molecule has 0 spiro atoms. The summed E-state index contributed by atoms with van der Waals surface area (Å²) in [4.78, 5) is 15.7. The number of nitrogens with one attached hydrogen (secondary N) is 3. The van der Waals surface area contributed by atoms with Crippen molar-refractivity contribution in [1.82, 2.24) is 16.1 Å². The molecule has 2 aliphatic rings. The number of carbonyl (C=O) groups excluding carboxylic acids is 1. The number of nitrogens with two attached hydrogens (primary N) is 1. The second kappa shape index (κ2) is 4.48. The molecule has 1 atom stereocenters. The van der Waals surface area contributed by atoms with Gasteiger partial charge in [0.25, 0.3) is 0 Å². The molecule has 0 aromatic heterocycles. The maximum atomic E-state index is 11.4. The van der Waals surface area contributed by atoms with E-state index in [4.69, 9.17) is 5.84 Å². The molecule has 6 heteroatoms. The standard InChI is InChI=1S/C9H17N5O/c10-14-9(12-6-3-4-6)13-7-2-1-5-11-8(7)15/h6-7H,1-5,10H2,(H,11,15)(H2,12,13,14). The summed E-state index contributed by atoms with van der Waals surface area (Å²) in [5, 5.41) is 5.93. The average molecular weight is 211 g/mol. The number of hydrazine groups is 1. The Labute approximate surface area is 88.7 Å². The zero-order valence-corrected chi connectivity index (χ0v) is 8.62. The van der Waals surface area contributed by atoms with Crippen molar-refractivity contribution in [3.05, 3.63) is 0 Å². The van der Waals surface area contributed by atoms with Crippen molar-refractivity contribution in [3.8, 4) is 0 Å². The lowest BCUT2D eigenvalue weighted by molar-refractivity contribution is -0.123. The van der Waals surface area contributed by atoms with Crippen LogP contribution in [0.2, 0.25) is 0 Å². The van der Waals surface area contributed by atoms with E-state index in [1.807, 2.05) is 0 Å². The third kappa shape index (κ3) is 2.82. The first-order valence-electron chi connectivity index (χ1n) is 5.38. The van der Waals surface area contributed by atoms with Crippen LogP contribution in [-0.2, 0) is 4.79 Å². The first-order chi connectivity index (χ1) is 7.29. The normalized spacial score (nSPS) is 27.1. The van der Waals surface area contributed by atoms with E-state index < -0.39 is 0 Å². The third-order valence-corrected chi connectivity index (χ3v) is 2.60. The van der Waals surface area contributed by atoms with Gasteiger partial charge in [0, 0.05) is 12.6 Å². The van der Waals surface area contributed by atoms with Crippen LogP contribution in [0.25, 0.3) is 0 Å². The number of amides is 1. The molecule has 0 radical (unpaired) electrons. The van der Waals surface area contributed by atoms with Crippen LogP contribution < -0.4 is 21.9 Å². The van der Waals surface area contributed by atoms with Crippen molar-refractivity contribution in [2.75, 3.05) is 6.54 Å². The lowest BCUT2D eigenvalue weighted by Crippen LogP contribution is -2.46. The van der Waals surface area contributed by atoms with E-state index in [0.717, 1.165) is 32.2 Å². The van der Waals surface area contributed by atoms with E-state index in [1.165, 1.54) is 0 Å². The van der Waals surface area contributed by atoms with Gasteiger partial charge in [-0.25, -0.2) is 10.8 Å². The lowest BCUT2D eigenvalue weighted by atomic mass is 10.1. The molecular formula is C9H17N5O. The molecule has 84 valence electrons. The molecule has 1 saturated heterocycles. The van der Waals surface area contributed by atoms with Gasteiger partial charge in [-0.1, -0.05) is 0 Å². The fourth-order valence-electron chi connectivity index (χ4n) is 1.57. The average Bonchev–Trinajstić information content (AvgIpc) is 3.04. The predicted molar refractivity (Wildman–Crippen MR) is 56.9 cm³/mol. The molecule has 15 heavy (non-hydrogen) atoms. The van der Waals surface area contributed by atoms with Gasteiger partial charge in [0.2, 0.25) is 11.9 Å². The van der Waals surface area contributed by atoms with Gasteiger partial charge in [-0.05, 0) is 25.7 Å². The Morgan fingerprint density at radius 3 is 2.87 bits per heavy atom. The largest absolute Gasteiger partial charge is 0.354 e. The fourth-order valence-corrected chi connectivity index (χ4v) is 1.57. The molecule has 5 N–H and O–H groups in total. The van der Waals surface area contributed by atoms with Crippen molar-refractivity contribution in [3.63, 3.8) is 0 Å². The van der Waals surface area contributed by atoms with Crippen molar-refractivity contribution in [1.29, 1.82) is 0 Å². The molecule has 0 aromatic carbocycles. The summed E-state index contributed by atoms with van der Waals surface area (Å²) in [6, 6.07) is 0.183. The Balaban J connectivity index is 1.94. The van der Waals surface area contributed by atoms with Crippen LogP contribution in [0.1, 0.15) is 25.7 Å². The molecule has 1 amide bonds. The molecule has 2 rings (SSSR count). The van der Waals surface area contributed by atoms with E-state index in [-0.39, 0.29) is 11.9 Å². The van der Waals surface area contributed by atoms with Crippen LogP contribution in [0.3, 0.4) is 0 Å². The molecule has 1 aliphatic carbocycles.